The van der Waals surface area contributed by atoms with Crippen LogP contribution in [0.3, 0.4) is 0 Å². The first kappa shape index (κ1) is 18.0. The summed E-state index contributed by atoms with van der Waals surface area (Å²) in [6.07, 6.45) is 3.71. The van der Waals surface area contributed by atoms with Crippen LogP contribution in [0.5, 0.6) is 0 Å². The van der Waals surface area contributed by atoms with E-state index in [0.717, 1.165) is 32.1 Å². The molecule has 0 aliphatic heterocycles. The Hall–Kier alpha value is -2.39. The van der Waals surface area contributed by atoms with E-state index in [1.807, 2.05) is 6.07 Å². The molecule has 5 atom stereocenters. The highest BCUT2D eigenvalue weighted by Gasteiger charge is 2.61. The summed E-state index contributed by atoms with van der Waals surface area (Å²) < 4.78 is 5.54. The molecule has 6 heteroatoms. The minimum Gasteiger partial charge on any atom is -0.452 e. The summed E-state index contributed by atoms with van der Waals surface area (Å²) in [6, 6.07) is 8.52. The van der Waals surface area contributed by atoms with Crippen molar-refractivity contribution in [1.29, 1.82) is 5.26 Å². The third-order valence-corrected chi connectivity index (χ3v) is 6.40. The minimum atomic E-state index is -0.921. The lowest BCUT2D eigenvalue weighted by Gasteiger charge is -2.58. The standard InChI is InChI=1S/C21H24N2O4/c1-13(18(24)23-17-4-2-14(11-22)3-5-17)27-19(25)20-7-15-6-16(8-20)10-21(26,9-15)12-20/h2-5,13,15-16,26H,6-10,12H2,1H3,(H,23,24)/t13-,15-,16+,20?,21?/m1/s1. The molecule has 4 fully saturated rings. The van der Waals surface area contributed by atoms with Gasteiger partial charge >= 0.3 is 5.97 Å². The molecular formula is C21H24N2O4. The Labute approximate surface area is 158 Å². The minimum absolute atomic E-state index is 0.350. The van der Waals surface area contributed by atoms with Crippen molar-refractivity contribution in [2.45, 2.75) is 57.2 Å². The third-order valence-electron chi connectivity index (χ3n) is 6.40. The number of aliphatic hydroxyl groups is 1. The highest BCUT2D eigenvalue weighted by molar-refractivity contribution is 5.95. The summed E-state index contributed by atoms with van der Waals surface area (Å²) in [5.74, 6) is 0.00663. The zero-order valence-corrected chi connectivity index (χ0v) is 15.4. The second-order valence-corrected chi connectivity index (χ2v) is 8.69. The van der Waals surface area contributed by atoms with Crippen LogP contribution >= 0.6 is 0 Å². The van der Waals surface area contributed by atoms with E-state index in [9.17, 15) is 14.7 Å². The van der Waals surface area contributed by atoms with E-state index in [0.29, 0.717) is 29.5 Å². The van der Waals surface area contributed by atoms with Crippen molar-refractivity contribution in [3.63, 3.8) is 0 Å². The number of benzene rings is 1. The summed E-state index contributed by atoms with van der Waals surface area (Å²) in [5, 5.41) is 22.3. The van der Waals surface area contributed by atoms with Crippen LogP contribution in [0, 0.1) is 28.6 Å². The number of esters is 1. The average Bonchev–Trinajstić information content (AvgIpc) is 2.60. The quantitative estimate of drug-likeness (QED) is 0.796. The topological polar surface area (TPSA) is 99.4 Å². The zero-order chi connectivity index (χ0) is 19.2. The van der Waals surface area contributed by atoms with Gasteiger partial charge in [0.1, 0.15) is 0 Å². The molecule has 4 aliphatic rings. The number of anilines is 1. The number of rotatable bonds is 4. The van der Waals surface area contributed by atoms with E-state index in [4.69, 9.17) is 10.00 Å². The van der Waals surface area contributed by atoms with Crippen molar-refractivity contribution in [3.05, 3.63) is 29.8 Å². The van der Waals surface area contributed by atoms with Crippen molar-refractivity contribution >= 4 is 17.6 Å². The molecule has 0 aromatic heterocycles. The molecule has 1 aromatic carbocycles. The van der Waals surface area contributed by atoms with Gasteiger partial charge in [0.2, 0.25) is 0 Å². The second kappa shape index (κ2) is 6.35. The van der Waals surface area contributed by atoms with Crippen molar-refractivity contribution in [2.24, 2.45) is 17.3 Å². The highest BCUT2D eigenvalue weighted by Crippen LogP contribution is 2.62. The molecule has 0 heterocycles. The molecule has 4 bridgehead atoms. The number of amides is 1. The molecule has 142 valence electrons. The van der Waals surface area contributed by atoms with Gasteiger partial charge in [-0.25, -0.2) is 0 Å². The maximum absolute atomic E-state index is 12.9. The maximum Gasteiger partial charge on any atom is 0.312 e. The summed E-state index contributed by atoms with van der Waals surface area (Å²) in [5.41, 5.74) is -0.322. The number of nitriles is 1. The van der Waals surface area contributed by atoms with Crippen LogP contribution in [0.2, 0.25) is 0 Å². The first-order valence-corrected chi connectivity index (χ1v) is 9.55. The molecule has 6 nitrogen and oxygen atoms in total. The molecule has 4 saturated carbocycles. The van der Waals surface area contributed by atoms with Gasteiger partial charge in [-0.1, -0.05) is 0 Å². The van der Waals surface area contributed by atoms with Gasteiger partial charge in [-0.05, 0) is 81.5 Å². The number of hydrogen-bond acceptors (Lipinski definition) is 5. The van der Waals surface area contributed by atoms with Gasteiger partial charge in [-0.3, -0.25) is 9.59 Å². The van der Waals surface area contributed by atoms with Gasteiger partial charge in [0, 0.05) is 5.69 Å². The molecular weight excluding hydrogens is 344 g/mol. The molecule has 2 unspecified atom stereocenters. The number of carbonyl (C=O) groups excluding carboxylic acids is 2. The Kier molecular flexibility index (Phi) is 4.23. The van der Waals surface area contributed by atoms with Crippen LogP contribution in [0.1, 0.15) is 51.0 Å². The van der Waals surface area contributed by atoms with Crippen molar-refractivity contribution in [2.75, 3.05) is 5.32 Å². The SMILES string of the molecule is C[C@@H](OC(=O)C12C[C@@H]3C[C@@H](CC(O)(C3)C1)C2)C(=O)Nc1ccc(C#N)cc1. The lowest BCUT2D eigenvalue weighted by atomic mass is 9.48. The maximum atomic E-state index is 12.9. The highest BCUT2D eigenvalue weighted by atomic mass is 16.5. The van der Waals surface area contributed by atoms with Gasteiger partial charge < -0.3 is 15.2 Å². The van der Waals surface area contributed by atoms with Crippen molar-refractivity contribution in [1.82, 2.24) is 0 Å². The number of hydrogen-bond donors (Lipinski definition) is 2. The molecule has 5 rings (SSSR count). The first-order valence-electron chi connectivity index (χ1n) is 9.55. The fourth-order valence-electron chi connectivity index (χ4n) is 5.66. The van der Waals surface area contributed by atoms with Gasteiger partial charge in [0.05, 0.1) is 22.6 Å². The number of ether oxygens (including phenoxy) is 1. The Morgan fingerprint density at radius 2 is 1.85 bits per heavy atom. The van der Waals surface area contributed by atoms with E-state index in [1.54, 1.807) is 31.2 Å². The molecule has 27 heavy (non-hydrogen) atoms. The Morgan fingerprint density at radius 3 is 2.41 bits per heavy atom. The van der Waals surface area contributed by atoms with E-state index >= 15 is 0 Å². The van der Waals surface area contributed by atoms with Crippen LogP contribution in [-0.2, 0) is 14.3 Å². The summed E-state index contributed by atoms with van der Waals surface area (Å²) >= 11 is 0. The monoisotopic (exact) mass is 368 g/mol. The summed E-state index contributed by atoms with van der Waals surface area (Å²) in [6.45, 7) is 1.56. The molecule has 1 amide bonds. The van der Waals surface area contributed by atoms with Crippen LogP contribution in [0.25, 0.3) is 0 Å². The Bertz CT molecular complexity index is 796. The number of carbonyl (C=O) groups is 2. The summed E-state index contributed by atoms with van der Waals surface area (Å²) in [4.78, 5) is 25.3. The van der Waals surface area contributed by atoms with E-state index in [2.05, 4.69) is 5.32 Å². The fraction of sp³-hybridized carbons (Fsp3) is 0.571. The van der Waals surface area contributed by atoms with E-state index in [-0.39, 0.29) is 5.97 Å². The summed E-state index contributed by atoms with van der Waals surface area (Å²) in [7, 11) is 0. The van der Waals surface area contributed by atoms with Crippen LogP contribution in [0.15, 0.2) is 24.3 Å². The molecule has 0 radical (unpaired) electrons. The lowest BCUT2D eigenvalue weighted by molar-refractivity contribution is -0.199. The normalized spacial score (nSPS) is 34.6. The van der Waals surface area contributed by atoms with Gasteiger partial charge in [-0.2, -0.15) is 5.26 Å². The zero-order valence-electron chi connectivity index (χ0n) is 15.4. The Morgan fingerprint density at radius 1 is 1.22 bits per heavy atom. The van der Waals surface area contributed by atoms with Gasteiger partial charge in [0.15, 0.2) is 6.10 Å². The van der Waals surface area contributed by atoms with Crippen molar-refractivity contribution in [3.8, 4) is 6.07 Å². The van der Waals surface area contributed by atoms with E-state index < -0.39 is 23.0 Å². The second-order valence-electron chi connectivity index (χ2n) is 8.69. The predicted molar refractivity (Wildman–Crippen MR) is 97.4 cm³/mol. The largest absolute Gasteiger partial charge is 0.452 e. The average molecular weight is 368 g/mol. The molecule has 1 aromatic rings. The number of nitrogens with zero attached hydrogens (tertiary/aromatic N) is 1. The number of nitrogens with one attached hydrogen (secondary N) is 1. The third kappa shape index (κ3) is 3.32. The van der Waals surface area contributed by atoms with Crippen LogP contribution in [-0.4, -0.2) is 28.7 Å². The fourth-order valence-corrected chi connectivity index (χ4v) is 5.66. The van der Waals surface area contributed by atoms with Gasteiger partial charge in [0.25, 0.3) is 5.91 Å². The van der Waals surface area contributed by atoms with Crippen LogP contribution < -0.4 is 5.32 Å². The smallest absolute Gasteiger partial charge is 0.312 e. The molecule has 0 spiro atoms. The molecule has 4 aliphatic carbocycles. The predicted octanol–water partition coefficient (Wildman–Crippen LogP) is 2.76. The van der Waals surface area contributed by atoms with Crippen molar-refractivity contribution < 1.29 is 19.4 Å². The van der Waals surface area contributed by atoms with E-state index in [1.165, 1.54) is 0 Å². The Balaban J connectivity index is 1.40. The lowest BCUT2D eigenvalue weighted by Crippen LogP contribution is -2.59. The molecule has 2 N–H and O–H groups in total. The molecule has 0 saturated heterocycles. The first-order chi connectivity index (χ1) is 12.8. The van der Waals surface area contributed by atoms with Crippen LogP contribution in [0.4, 0.5) is 5.69 Å². The van der Waals surface area contributed by atoms with Gasteiger partial charge in [-0.15, -0.1) is 0 Å².